The van der Waals surface area contributed by atoms with E-state index in [0.29, 0.717) is 0 Å². The van der Waals surface area contributed by atoms with Crippen molar-refractivity contribution in [1.29, 1.82) is 0 Å². The van der Waals surface area contributed by atoms with Gasteiger partial charge in [-0.15, -0.1) is 0 Å². The van der Waals surface area contributed by atoms with Crippen molar-refractivity contribution in [3.63, 3.8) is 0 Å². The van der Waals surface area contributed by atoms with E-state index >= 15 is 0 Å². The van der Waals surface area contributed by atoms with E-state index in [1.807, 2.05) is 0 Å². The van der Waals surface area contributed by atoms with Gasteiger partial charge in [-0.3, -0.25) is 0 Å². The average molecular weight is 250 g/mol. The van der Waals surface area contributed by atoms with E-state index in [1.54, 1.807) is 6.92 Å². The summed E-state index contributed by atoms with van der Waals surface area (Å²) in [6, 6.07) is 0. The fourth-order valence-electron chi connectivity index (χ4n) is 0. The second-order valence-corrected chi connectivity index (χ2v) is 0.316. The molecule has 0 heterocycles. The van der Waals surface area contributed by atoms with Crippen LogP contribution in [-0.4, -0.2) is 11.7 Å². The topological polar surface area (TPSA) is 20.2 Å². The molecule has 0 saturated carbocycles. The van der Waals surface area contributed by atoms with Crippen LogP contribution in [0.25, 0.3) is 0 Å². The summed E-state index contributed by atoms with van der Waals surface area (Å²) in [6.07, 6.45) is 0. The molecule has 0 saturated heterocycles. The molecule has 68 valence electrons. The molecule has 0 aromatic rings. The Labute approximate surface area is 95.6 Å². The van der Waals surface area contributed by atoms with Gasteiger partial charge in [0.05, 0.1) is 0 Å². The zero-order valence-corrected chi connectivity index (χ0v) is 11.8. The molecule has 0 spiro atoms. The van der Waals surface area contributed by atoms with E-state index in [2.05, 4.69) is 0 Å². The lowest BCUT2D eigenvalue weighted by Gasteiger charge is -1.52. The van der Waals surface area contributed by atoms with Gasteiger partial charge in [0, 0.05) is 6.61 Å². The number of hydrogen-bond donors (Lipinski definition) is 1. The lowest BCUT2D eigenvalue weighted by molar-refractivity contribution is 0.318. The van der Waals surface area contributed by atoms with Crippen LogP contribution in [-0.2, 0) is 0 Å². The van der Waals surface area contributed by atoms with E-state index in [-0.39, 0.29) is 84.0 Å². The Morgan fingerprint density at radius 1 is 0.889 bits per heavy atom. The summed E-state index contributed by atoms with van der Waals surface area (Å²) in [5.74, 6) is 0. The van der Waals surface area contributed by atoms with Crippen LogP contribution < -0.4 is 0 Å². The number of aliphatic hydroxyl groups excluding tert-OH is 1. The molecule has 0 aliphatic heterocycles. The van der Waals surface area contributed by atoms with Crippen molar-refractivity contribution in [3.8, 4) is 0 Å². The maximum atomic E-state index is 7.57. The van der Waals surface area contributed by atoms with Crippen molar-refractivity contribution >= 4 is 77.4 Å². The van der Waals surface area contributed by atoms with Crippen molar-refractivity contribution in [2.75, 3.05) is 6.61 Å². The molecule has 0 aromatic carbocycles. The smallest absolute Gasteiger partial charge is 0.0402 e. The maximum Gasteiger partial charge on any atom is 0.0402 e. The molecule has 1 unspecified atom stereocenters. The lowest BCUT2D eigenvalue weighted by Crippen LogP contribution is -1.57. The monoisotopic (exact) mass is 250 g/mol. The summed E-state index contributed by atoms with van der Waals surface area (Å²) < 4.78 is 0. The van der Waals surface area contributed by atoms with Crippen molar-refractivity contribution < 1.29 is 5.11 Å². The van der Waals surface area contributed by atoms with E-state index in [0.717, 1.165) is 0 Å². The van der Waals surface area contributed by atoms with Crippen molar-refractivity contribution in [2.45, 2.75) is 6.92 Å². The van der Waals surface area contributed by atoms with Crippen LogP contribution in [0.1, 0.15) is 6.92 Å². The van der Waals surface area contributed by atoms with E-state index in [1.165, 1.54) is 0 Å². The van der Waals surface area contributed by atoms with Gasteiger partial charge in [0.2, 0.25) is 0 Å². The Morgan fingerprint density at radius 3 is 0.889 bits per heavy atom. The largest absolute Gasteiger partial charge is 0.397 e. The van der Waals surface area contributed by atoms with Crippen molar-refractivity contribution in [1.82, 2.24) is 0 Å². The fraction of sp³-hybridized carbons (Fsp3) is 1.00. The molecule has 1 atom stereocenters. The quantitative estimate of drug-likeness (QED) is 0.625. The molecule has 1 N–H and O–H groups in total. The van der Waals surface area contributed by atoms with Gasteiger partial charge < -0.3 is 5.11 Å². The first-order valence-electron chi connectivity index (χ1n) is 1.02. The predicted molar refractivity (Wildman–Crippen MR) is 75.8 cm³/mol. The predicted octanol–water partition coefficient (Wildman–Crippen LogP) is 0.621. The summed E-state index contributed by atoms with van der Waals surface area (Å²) in [4.78, 5) is 0. The normalized spacial score (nSPS) is 2.00. The van der Waals surface area contributed by atoms with Crippen LogP contribution in [0.3, 0.4) is 0 Å². The highest BCUT2D eigenvalue weighted by Crippen LogP contribution is 1.30. The second-order valence-electron chi connectivity index (χ2n) is 0.316. The first-order chi connectivity index (χ1) is 1.41. The highest BCUT2D eigenvalue weighted by atomic mass is 32.1. The fourth-order valence-corrected chi connectivity index (χ4v) is 0. The molecule has 0 radical (unpaired) electrons. The first-order valence-corrected chi connectivity index (χ1v) is 1.02. The number of hydrogen-bond acceptors (Lipinski definition) is 1. The molecular formula is C2H19OPS5. The van der Waals surface area contributed by atoms with Gasteiger partial charge in [0.25, 0.3) is 0 Å². The van der Waals surface area contributed by atoms with E-state index in [4.69, 9.17) is 5.11 Å². The van der Waals surface area contributed by atoms with Crippen LogP contribution in [0.4, 0.5) is 0 Å². The zero-order chi connectivity index (χ0) is 2.71. The summed E-state index contributed by atoms with van der Waals surface area (Å²) in [6.45, 7) is 1.93. The Kier molecular flexibility index (Phi) is 638. The molecule has 9 heavy (non-hydrogen) atoms. The Morgan fingerprint density at radius 2 is 0.889 bits per heavy atom. The summed E-state index contributed by atoms with van der Waals surface area (Å²) in [5.41, 5.74) is 0. The van der Waals surface area contributed by atoms with Gasteiger partial charge >= 0.3 is 0 Å². The van der Waals surface area contributed by atoms with Gasteiger partial charge in [-0.2, -0.15) is 77.4 Å². The minimum atomic E-state index is 0. The second kappa shape index (κ2) is 85.9. The minimum absolute atomic E-state index is 0. The van der Waals surface area contributed by atoms with Gasteiger partial charge in [-0.25, -0.2) is 0 Å². The molecule has 0 bridgehead atoms. The molecule has 0 rings (SSSR count). The average Bonchev–Trinajstić information content (AvgIpc) is 0.918. The summed E-state index contributed by atoms with van der Waals surface area (Å²) in [5, 5.41) is 7.57. The third-order valence-electron chi connectivity index (χ3n) is 0. The van der Waals surface area contributed by atoms with Gasteiger partial charge in [0.15, 0.2) is 0 Å². The number of aliphatic hydroxyl groups is 1. The van der Waals surface area contributed by atoms with Gasteiger partial charge in [-0.1, -0.05) is 0 Å². The molecule has 1 nitrogen and oxygen atoms in total. The SMILES string of the molecule is CCO.P.S.S.S.S.S. The third kappa shape index (κ3) is 147. The molecule has 0 aliphatic rings. The maximum absolute atomic E-state index is 7.57. The molecule has 0 amide bonds. The number of rotatable bonds is 0. The van der Waals surface area contributed by atoms with Crippen molar-refractivity contribution in [2.24, 2.45) is 0 Å². The first kappa shape index (κ1) is 66.8. The summed E-state index contributed by atoms with van der Waals surface area (Å²) >= 11 is 0. The third-order valence-corrected chi connectivity index (χ3v) is 0. The van der Waals surface area contributed by atoms with Crippen LogP contribution in [0.15, 0.2) is 0 Å². The van der Waals surface area contributed by atoms with E-state index in [9.17, 15) is 0 Å². The molecule has 0 aliphatic carbocycles. The molecule has 7 heteroatoms. The zero-order valence-electron chi connectivity index (χ0n) is 5.36. The van der Waals surface area contributed by atoms with Crippen LogP contribution in [0.5, 0.6) is 0 Å². The van der Waals surface area contributed by atoms with Gasteiger partial charge in [-0.05, 0) is 6.92 Å². The highest BCUT2D eigenvalue weighted by molar-refractivity contribution is 7.60. The highest BCUT2D eigenvalue weighted by Gasteiger charge is 1.34. The van der Waals surface area contributed by atoms with Crippen LogP contribution in [0, 0.1) is 0 Å². The van der Waals surface area contributed by atoms with Crippen LogP contribution in [0.2, 0.25) is 0 Å². The minimum Gasteiger partial charge on any atom is -0.397 e. The molecule has 0 fully saturated rings. The van der Waals surface area contributed by atoms with Crippen molar-refractivity contribution in [3.05, 3.63) is 0 Å². The standard InChI is InChI=1S/C2H6O.H3P.5H2S/c1-2-3;;;;;;/h3H,2H2,1H3;1H3;5*1H2. The Bertz CT molecular complexity index is 14.9. The molecule has 0 aromatic heterocycles. The Balaban J connectivity index is -0.00000000133. The van der Waals surface area contributed by atoms with Crippen LogP contribution >= 0.6 is 77.4 Å². The van der Waals surface area contributed by atoms with E-state index < -0.39 is 0 Å². The summed E-state index contributed by atoms with van der Waals surface area (Å²) in [7, 11) is 0. The van der Waals surface area contributed by atoms with Gasteiger partial charge in [0.1, 0.15) is 0 Å². The Hall–Kier alpha value is 2.14. The lowest BCUT2D eigenvalue weighted by atomic mass is 10.9. The molecular weight excluding hydrogens is 231 g/mol.